The molecule has 0 unspecified atom stereocenters. The summed E-state index contributed by atoms with van der Waals surface area (Å²) in [6, 6.07) is 18.5. The first-order valence-corrected chi connectivity index (χ1v) is 11.3. The zero-order valence-corrected chi connectivity index (χ0v) is 18.5. The number of rotatable bonds is 6. The van der Waals surface area contributed by atoms with E-state index < -0.39 is 0 Å². The molecule has 156 valence electrons. The average molecular weight is 421 g/mol. The highest BCUT2D eigenvalue weighted by Gasteiger charge is 2.23. The van der Waals surface area contributed by atoms with Crippen LogP contribution in [0.15, 0.2) is 60.0 Å². The Balaban J connectivity index is 1.28. The lowest BCUT2D eigenvalue weighted by Gasteiger charge is -2.34. The number of hydrogen-bond donors (Lipinski definition) is 0. The van der Waals surface area contributed by atoms with Crippen LogP contribution in [0.2, 0.25) is 0 Å². The number of ether oxygens (including phenoxy) is 1. The zero-order valence-electron chi connectivity index (χ0n) is 17.6. The molecule has 1 aliphatic heterocycles. The Morgan fingerprint density at radius 2 is 1.73 bits per heavy atom. The maximum absolute atomic E-state index is 12.9. The highest BCUT2D eigenvalue weighted by molar-refractivity contribution is 7.12. The lowest BCUT2D eigenvalue weighted by Crippen LogP contribution is -2.48. The first-order valence-electron chi connectivity index (χ1n) is 10.4. The van der Waals surface area contributed by atoms with Crippen molar-refractivity contribution < 1.29 is 9.53 Å². The monoisotopic (exact) mass is 420 g/mol. The van der Waals surface area contributed by atoms with Gasteiger partial charge in [-0.1, -0.05) is 42.0 Å². The van der Waals surface area contributed by atoms with Gasteiger partial charge < -0.3 is 9.64 Å². The Kier molecular flexibility index (Phi) is 6.50. The van der Waals surface area contributed by atoms with Crippen LogP contribution >= 0.6 is 11.3 Å². The minimum absolute atomic E-state index is 0.136. The second-order valence-electron chi connectivity index (χ2n) is 7.92. The highest BCUT2D eigenvalue weighted by Crippen LogP contribution is 2.21. The predicted molar refractivity (Wildman–Crippen MR) is 122 cm³/mol. The van der Waals surface area contributed by atoms with Crippen molar-refractivity contribution in [3.63, 3.8) is 0 Å². The Morgan fingerprint density at radius 1 is 1.00 bits per heavy atom. The number of carbonyl (C=O) groups excluding carboxylic acids is 1. The van der Waals surface area contributed by atoms with Gasteiger partial charge in [0.25, 0.3) is 5.91 Å². The van der Waals surface area contributed by atoms with E-state index in [1.165, 1.54) is 28.0 Å². The molecule has 0 N–H and O–H groups in total. The zero-order chi connectivity index (χ0) is 20.9. The number of hydrogen-bond acceptors (Lipinski definition) is 4. The van der Waals surface area contributed by atoms with Gasteiger partial charge in [-0.25, -0.2) is 0 Å². The van der Waals surface area contributed by atoms with Gasteiger partial charge in [-0.2, -0.15) is 0 Å². The summed E-state index contributed by atoms with van der Waals surface area (Å²) in [6.45, 7) is 9.03. The van der Waals surface area contributed by atoms with E-state index in [-0.39, 0.29) is 5.91 Å². The summed E-state index contributed by atoms with van der Waals surface area (Å²) >= 11 is 1.51. The van der Waals surface area contributed by atoms with Crippen molar-refractivity contribution in [2.75, 3.05) is 26.2 Å². The van der Waals surface area contributed by atoms with Gasteiger partial charge in [0.15, 0.2) is 0 Å². The van der Waals surface area contributed by atoms with Crippen LogP contribution in [0.3, 0.4) is 0 Å². The molecule has 1 aliphatic rings. The van der Waals surface area contributed by atoms with Gasteiger partial charge in [-0.05, 0) is 48.6 Å². The van der Waals surface area contributed by atoms with Crippen LogP contribution in [0, 0.1) is 13.8 Å². The van der Waals surface area contributed by atoms with Gasteiger partial charge in [0.1, 0.15) is 12.4 Å². The van der Waals surface area contributed by atoms with Gasteiger partial charge in [-0.3, -0.25) is 9.69 Å². The van der Waals surface area contributed by atoms with Crippen molar-refractivity contribution in [1.82, 2.24) is 9.80 Å². The molecule has 1 fully saturated rings. The largest absolute Gasteiger partial charge is 0.489 e. The summed E-state index contributed by atoms with van der Waals surface area (Å²) in [4.78, 5) is 18.1. The number of aryl methyl sites for hydroxylation is 2. The Labute approximate surface area is 182 Å². The van der Waals surface area contributed by atoms with Gasteiger partial charge in [0.05, 0.1) is 4.88 Å². The summed E-state index contributed by atoms with van der Waals surface area (Å²) < 4.78 is 5.84. The predicted octanol–water partition coefficient (Wildman–Crippen LogP) is 4.90. The molecule has 0 spiro atoms. The first-order chi connectivity index (χ1) is 14.6. The number of thiophene rings is 1. The van der Waals surface area contributed by atoms with Gasteiger partial charge >= 0.3 is 0 Å². The second-order valence-corrected chi connectivity index (χ2v) is 8.83. The molecule has 4 rings (SSSR count). The topological polar surface area (TPSA) is 32.8 Å². The summed E-state index contributed by atoms with van der Waals surface area (Å²) in [5.74, 6) is 0.988. The molecule has 1 saturated heterocycles. The fourth-order valence-corrected chi connectivity index (χ4v) is 4.52. The van der Waals surface area contributed by atoms with E-state index in [0.29, 0.717) is 6.61 Å². The van der Waals surface area contributed by atoms with Crippen molar-refractivity contribution in [2.45, 2.75) is 27.0 Å². The molecule has 2 heterocycles. The van der Waals surface area contributed by atoms with Crippen LogP contribution in [0.25, 0.3) is 0 Å². The van der Waals surface area contributed by atoms with Gasteiger partial charge in [0, 0.05) is 38.3 Å². The molecule has 30 heavy (non-hydrogen) atoms. The maximum atomic E-state index is 12.9. The van der Waals surface area contributed by atoms with Crippen molar-refractivity contribution in [3.8, 4) is 5.75 Å². The van der Waals surface area contributed by atoms with E-state index in [1.807, 2.05) is 40.6 Å². The lowest BCUT2D eigenvalue weighted by molar-refractivity contribution is 0.0633. The third-order valence-electron chi connectivity index (χ3n) is 5.61. The van der Waals surface area contributed by atoms with Crippen molar-refractivity contribution in [2.24, 2.45) is 0 Å². The Hall–Kier alpha value is -2.63. The van der Waals surface area contributed by atoms with E-state index >= 15 is 0 Å². The van der Waals surface area contributed by atoms with Crippen LogP contribution in [0.1, 0.15) is 31.9 Å². The van der Waals surface area contributed by atoms with Crippen LogP contribution in [-0.4, -0.2) is 41.9 Å². The van der Waals surface area contributed by atoms with E-state index in [9.17, 15) is 4.79 Å². The average Bonchev–Trinajstić information content (AvgIpc) is 3.24. The van der Waals surface area contributed by atoms with Crippen LogP contribution in [0.5, 0.6) is 5.75 Å². The fourth-order valence-electron chi connectivity index (χ4n) is 3.66. The Morgan fingerprint density at radius 3 is 2.47 bits per heavy atom. The van der Waals surface area contributed by atoms with Crippen LogP contribution in [0.4, 0.5) is 0 Å². The molecular weight excluding hydrogens is 392 g/mol. The summed E-state index contributed by atoms with van der Waals surface area (Å²) in [6.07, 6.45) is 0. The highest BCUT2D eigenvalue weighted by atomic mass is 32.1. The molecule has 4 nitrogen and oxygen atoms in total. The fraction of sp³-hybridized carbons (Fsp3) is 0.320. The molecule has 0 atom stereocenters. The number of carbonyl (C=O) groups is 1. The van der Waals surface area contributed by atoms with Crippen molar-refractivity contribution in [1.29, 1.82) is 0 Å². The van der Waals surface area contributed by atoms with E-state index in [0.717, 1.165) is 48.9 Å². The van der Waals surface area contributed by atoms with E-state index in [2.05, 4.69) is 43.0 Å². The smallest absolute Gasteiger partial charge is 0.264 e. The number of amides is 1. The summed E-state index contributed by atoms with van der Waals surface area (Å²) in [5.41, 5.74) is 4.95. The van der Waals surface area contributed by atoms with Crippen molar-refractivity contribution >= 4 is 17.2 Å². The molecule has 1 amide bonds. The first kappa shape index (κ1) is 20.6. The van der Waals surface area contributed by atoms with Gasteiger partial charge in [0.2, 0.25) is 0 Å². The molecule has 2 aromatic carbocycles. The minimum Gasteiger partial charge on any atom is -0.489 e. The maximum Gasteiger partial charge on any atom is 0.264 e. The normalized spacial score (nSPS) is 14.7. The molecule has 0 aliphatic carbocycles. The molecule has 5 heteroatoms. The molecule has 0 bridgehead atoms. The molecule has 1 aromatic heterocycles. The van der Waals surface area contributed by atoms with Crippen LogP contribution in [-0.2, 0) is 13.2 Å². The number of nitrogens with zero attached hydrogens (tertiary/aromatic N) is 2. The second kappa shape index (κ2) is 9.45. The SMILES string of the molecule is Cc1ccc(OCc2csc(C(=O)N3CCN(Cc4ccccc4C)CC3)c2)cc1. The molecule has 0 saturated carbocycles. The van der Waals surface area contributed by atoms with Crippen molar-refractivity contribution in [3.05, 3.63) is 87.1 Å². The van der Waals surface area contributed by atoms with E-state index in [4.69, 9.17) is 4.74 Å². The summed E-state index contributed by atoms with van der Waals surface area (Å²) in [5, 5.41) is 2.02. The lowest BCUT2D eigenvalue weighted by atomic mass is 10.1. The third-order valence-corrected chi connectivity index (χ3v) is 6.57. The standard InChI is InChI=1S/C25H28N2O2S/c1-19-7-9-23(10-8-19)29-17-21-15-24(30-18-21)25(28)27-13-11-26(12-14-27)16-22-6-4-3-5-20(22)2/h3-10,15,18H,11-14,16-17H2,1-2H3. The minimum atomic E-state index is 0.136. The molecule has 3 aromatic rings. The number of piperazine rings is 1. The molecule has 0 radical (unpaired) electrons. The third kappa shape index (κ3) is 5.10. The van der Waals surface area contributed by atoms with Gasteiger partial charge in [-0.15, -0.1) is 11.3 Å². The molecular formula is C25H28N2O2S. The van der Waals surface area contributed by atoms with Crippen LogP contribution < -0.4 is 4.74 Å². The summed E-state index contributed by atoms with van der Waals surface area (Å²) in [7, 11) is 0. The quantitative estimate of drug-likeness (QED) is 0.568. The van der Waals surface area contributed by atoms with E-state index in [1.54, 1.807) is 0 Å². The Bertz CT molecular complexity index is 988. The number of benzene rings is 2.